The van der Waals surface area contributed by atoms with Crippen LogP contribution in [0.1, 0.15) is 0 Å². The average Bonchev–Trinajstić information content (AvgIpc) is 2.51. The molecule has 1 saturated carbocycles. The minimum Gasteiger partial charge on any atom is -0.264 e. The molecule has 0 saturated heterocycles. The highest BCUT2D eigenvalue weighted by Crippen LogP contribution is 2.37. The first kappa shape index (κ1) is 33.2. The Morgan fingerprint density at radius 1 is 0.278 bits per heavy atom. The van der Waals surface area contributed by atoms with E-state index in [0.717, 1.165) is 0 Å². The second-order valence-electron chi connectivity index (χ2n) is 5.93. The van der Waals surface area contributed by atoms with Gasteiger partial charge in [0.15, 0.2) is 0 Å². The van der Waals surface area contributed by atoms with Gasteiger partial charge in [-0.3, -0.25) is 27.3 Å². The summed E-state index contributed by atoms with van der Waals surface area (Å²) in [6, 6.07) is 0. The third-order valence-electron chi connectivity index (χ3n) is 3.34. The van der Waals surface area contributed by atoms with Crippen LogP contribution in [-0.4, -0.2) is 114 Å². The summed E-state index contributed by atoms with van der Waals surface area (Å²) >= 11 is 0. The average molecular weight is 661 g/mol. The highest BCUT2D eigenvalue weighted by atomic mass is 32.3. The Balaban J connectivity index is 4.15. The fraction of sp³-hybridized carbons (Fsp3) is 1.00. The Hall–Kier alpha value is -0.780. The molecule has 0 aromatic carbocycles. The summed E-state index contributed by atoms with van der Waals surface area (Å²) in [6.45, 7) is 0. The van der Waals surface area contributed by atoms with Gasteiger partial charge in [-0.1, -0.05) is 0 Å². The van der Waals surface area contributed by atoms with Gasteiger partial charge < -0.3 is 0 Å². The molecule has 0 aromatic rings. The number of rotatable bonds is 12. The van der Waals surface area contributed by atoms with E-state index in [1.54, 1.807) is 0 Å². The molecule has 0 heterocycles. The Morgan fingerprint density at radius 3 is 0.417 bits per heavy atom. The molecule has 0 atom stereocenters. The van der Waals surface area contributed by atoms with Gasteiger partial charge in [0.1, 0.15) is 36.6 Å². The molecule has 24 nitrogen and oxygen atoms in total. The van der Waals surface area contributed by atoms with Gasteiger partial charge >= 0.3 is 62.4 Å². The first-order valence-electron chi connectivity index (χ1n) is 7.51. The summed E-state index contributed by atoms with van der Waals surface area (Å²) in [4.78, 5) is 0. The lowest BCUT2D eigenvalue weighted by Crippen LogP contribution is -2.69. The Kier molecular flexibility index (Phi) is 9.95. The van der Waals surface area contributed by atoms with Crippen molar-refractivity contribution < 1.29 is 103 Å². The van der Waals surface area contributed by atoms with Crippen LogP contribution in [0, 0.1) is 0 Å². The van der Waals surface area contributed by atoms with Crippen LogP contribution < -0.4 is 0 Å². The van der Waals surface area contributed by atoms with Gasteiger partial charge in [0.25, 0.3) is 0 Å². The molecule has 0 bridgehead atoms. The zero-order valence-corrected chi connectivity index (χ0v) is 20.8. The largest absolute Gasteiger partial charge is 0.397 e. The topological polar surface area (TPSA) is 382 Å². The van der Waals surface area contributed by atoms with Crippen molar-refractivity contribution in [1.82, 2.24) is 0 Å². The van der Waals surface area contributed by atoms with E-state index in [0.29, 0.717) is 0 Å². The lowest BCUT2D eigenvalue weighted by molar-refractivity contribution is -0.185. The molecule has 216 valence electrons. The van der Waals surface area contributed by atoms with Crippen molar-refractivity contribution in [2.45, 2.75) is 36.6 Å². The minimum absolute atomic E-state index is 3.40. The third kappa shape index (κ3) is 12.2. The van der Waals surface area contributed by atoms with E-state index in [2.05, 4.69) is 25.1 Å². The smallest absolute Gasteiger partial charge is 0.264 e. The Labute approximate surface area is 201 Å². The molecule has 0 aromatic heterocycles. The molecule has 6 N–H and O–H groups in total. The van der Waals surface area contributed by atoms with Crippen LogP contribution in [0.25, 0.3) is 0 Å². The minimum atomic E-state index is -6.04. The maximum atomic E-state index is 11.2. The van der Waals surface area contributed by atoms with Crippen LogP contribution in [0.15, 0.2) is 0 Å². The van der Waals surface area contributed by atoms with Crippen LogP contribution in [0.2, 0.25) is 0 Å². The van der Waals surface area contributed by atoms with E-state index in [1.807, 2.05) is 0 Å². The zero-order chi connectivity index (χ0) is 28.7. The molecular weight excluding hydrogens is 648 g/mol. The van der Waals surface area contributed by atoms with Gasteiger partial charge in [-0.2, -0.15) is 50.5 Å². The highest BCUT2D eigenvalue weighted by Gasteiger charge is 2.62. The number of hydrogen-bond donors (Lipinski definition) is 6. The third-order valence-corrected chi connectivity index (χ3v) is 6.13. The van der Waals surface area contributed by atoms with Crippen LogP contribution in [0.3, 0.4) is 0 Å². The fourth-order valence-corrected chi connectivity index (χ4v) is 5.62. The van der Waals surface area contributed by atoms with Crippen molar-refractivity contribution >= 4 is 62.4 Å². The molecule has 0 amide bonds. The second kappa shape index (κ2) is 10.8. The molecule has 1 fully saturated rings. The lowest BCUT2D eigenvalue weighted by atomic mass is 9.85. The first-order chi connectivity index (χ1) is 15.6. The molecule has 0 spiro atoms. The molecule has 0 aliphatic heterocycles. The summed E-state index contributed by atoms with van der Waals surface area (Å²) in [7, 11) is -36.3. The van der Waals surface area contributed by atoms with Crippen molar-refractivity contribution in [3.05, 3.63) is 0 Å². The molecule has 0 radical (unpaired) electrons. The van der Waals surface area contributed by atoms with Crippen molar-refractivity contribution in [3.8, 4) is 0 Å². The quantitative estimate of drug-likeness (QED) is 0.107. The van der Waals surface area contributed by atoms with E-state index in [9.17, 15) is 50.5 Å². The van der Waals surface area contributed by atoms with E-state index in [-0.39, 0.29) is 0 Å². The first-order valence-corrected chi connectivity index (χ1v) is 15.7. The van der Waals surface area contributed by atoms with Gasteiger partial charge in [0, 0.05) is 0 Å². The fourth-order valence-electron chi connectivity index (χ4n) is 2.62. The van der Waals surface area contributed by atoms with Crippen molar-refractivity contribution in [2.75, 3.05) is 0 Å². The molecule has 1 rings (SSSR count). The molecule has 36 heavy (non-hydrogen) atoms. The van der Waals surface area contributed by atoms with Gasteiger partial charge in [-0.15, -0.1) is 0 Å². The molecule has 1 aliphatic carbocycles. The lowest BCUT2D eigenvalue weighted by Gasteiger charge is -2.45. The maximum absolute atomic E-state index is 11.2. The van der Waals surface area contributed by atoms with Crippen molar-refractivity contribution in [1.29, 1.82) is 0 Å². The molecule has 0 unspecified atom stereocenters. The van der Waals surface area contributed by atoms with E-state index in [1.165, 1.54) is 0 Å². The second-order valence-corrected chi connectivity index (χ2v) is 12.2. The normalized spacial score (nSPS) is 29.2. The molecule has 30 heteroatoms. The van der Waals surface area contributed by atoms with Crippen molar-refractivity contribution in [2.24, 2.45) is 0 Å². The Morgan fingerprint density at radius 2 is 0.361 bits per heavy atom. The summed E-state index contributed by atoms with van der Waals surface area (Å²) < 4.78 is 211. The van der Waals surface area contributed by atoms with E-state index < -0.39 is 99.0 Å². The standard InChI is InChI=1S/C6H12O24S6/c7-31(8,9)25-1-2(26-32(10,11)12)4(28-34(16,17)18)6(30-36(22,23)24)5(29-35(19,20)21)3(1)27-33(13,14)15/h1-6H,(H,7,8,9)(H,10,11,12)(H,13,14,15)(H,16,17,18)(H,19,20,21)(H,22,23,24)/t1-,2-,3-,4+,5-,6-. The zero-order valence-electron chi connectivity index (χ0n) is 15.9. The summed E-state index contributed by atoms with van der Waals surface area (Å²) in [5, 5.41) is 0. The van der Waals surface area contributed by atoms with Crippen LogP contribution in [0.4, 0.5) is 0 Å². The maximum Gasteiger partial charge on any atom is 0.397 e. The summed E-state index contributed by atoms with van der Waals surface area (Å²) in [5.41, 5.74) is 0. The van der Waals surface area contributed by atoms with Gasteiger partial charge in [0.05, 0.1) is 0 Å². The number of hydrogen-bond acceptors (Lipinski definition) is 18. The van der Waals surface area contributed by atoms with E-state index >= 15 is 0 Å². The Bertz CT molecular complexity index is 1140. The van der Waals surface area contributed by atoms with Gasteiger partial charge in [-0.05, 0) is 0 Å². The van der Waals surface area contributed by atoms with Gasteiger partial charge in [0.2, 0.25) is 0 Å². The van der Waals surface area contributed by atoms with E-state index in [4.69, 9.17) is 27.3 Å². The van der Waals surface area contributed by atoms with Crippen LogP contribution in [-0.2, 0) is 87.5 Å². The van der Waals surface area contributed by atoms with Crippen LogP contribution >= 0.6 is 0 Å². The molecular formula is C6H12O24S6. The molecule has 1 aliphatic rings. The van der Waals surface area contributed by atoms with Crippen LogP contribution in [0.5, 0.6) is 0 Å². The highest BCUT2D eigenvalue weighted by molar-refractivity contribution is 7.82. The SMILES string of the molecule is O=S(=O)(O)O[C@H]1[C@H](OS(=O)(=O)O)[C@@H](OS(=O)(=O)O)[C@H](OS(=O)(=O)O)[C@@H](OS(=O)(=O)O)[C@H]1OS(=O)(=O)O. The predicted octanol–water partition coefficient (Wildman–Crippen LogP) is -4.87. The van der Waals surface area contributed by atoms with Gasteiger partial charge in [-0.25, -0.2) is 25.1 Å². The monoisotopic (exact) mass is 660 g/mol. The van der Waals surface area contributed by atoms with Crippen molar-refractivity contribution in [3.63, 3.8) is 0 Å². The summed E-state index contributed by atoms with van der Waals surface area (Å²) in [6.07, 6.45) is -20.4. The summed E-state index contributed by atoms with van der Waals surface area (Å²) in [5.74, 6) is 0. The predicted molar refractivity (Wildman–Crippen MR) is 98.5 cm³/mol.